The molecule has 0 radical (unpaired) electrons. The first-order valence-corrected chi connectivity index (χ1v) is 7.91. The second-order valence-electron chi connectivity index (χ2n) is 6.03. The van der Waals surface area contributed by atoms with Gasteiger partial charge >= 0.3 is 0 Å². The van der Waals surface area contributed by atoms with Crippen LogP contribution >= 0.6 is 0 Å². The number of H-pyrrole nitrogens is 1. The van der Waals surface area contributed by atoms with E-state index in [1.807, 2.05) is 18.2 Å². The van der Waals surface area contributed by atoms with Gasteiger partial charge in [-0.3, -0.25) is 9.59 Å². The van der Waals surface area contributed by atoms with Crippen molar-refractivity contribution in [3.63, 3.8) is 0 Å². The fourth-order valence-corrected chi connectivity index (χ4v) is 2.96. The number of amides is 1. The summed E-state index contributed by atoms with van der Waals surface area (Å²) in [6, 6.07) is 13.6. The summed E-state index contributed by atoms with van der Waals surface area (Å²) < 4.78 is 0. The Bertz CT molecular complexity index is 739. The average molecular weight is 311 g/mol. The summed E-state index contributed by atoms with van der Waals surface area (Å²) in [5.41, 5.74) is 1.81. The first-order valence-electron chi connectivity index (χ1n) is 7.91. The molecule has 2 heterocycles. The molecule has 5 heteroatoms. The van der Waals surface area contributed by atoms with E-state index in [1.165, 1.54) is 5.69 Å². The number of hydrogen-bond acceptors (Lipinski definition) is 3. The van der Waals surface area contributed by atoms with Gasteiger partial charge in [0.25, 0.3) is 11.5 Å². The summed E-state index contributed by atoms with van der Waals surface area (Å²) in [5, 5.41) is 2.89. The Kier molecular flexibility index (Phi) is 4.46. The van der Waals surface area contributed by atoms with Gasteiger partial charge in [0.2, 0.25) is 0 Å². The lowest BCUT2D eigenvalue weighted by molar-refractivity contribution is 0.0946. The average Bonchev–Trinajstić information content (AvgIpc) is 3.02. The number of anilines is 1. The van der Waals surface area contributed by atoms with Crippen LogP contribution in [0.15, 0.2) is 47.3 Å². The minimum atomic E-state index is -0.333. The van der Waals surface area contributed by atoms with Crippen LogP contribution in [0, 0.1) is 12.8 Å². The maximum atomic E-state index is 12.1. The smallest absolute Gasteiger partial charge is 0.260 e. The minimum Gasteiger partial charge on any atom is -0.371 e. The van der Waals surface area contributed by atoms with Crippen molar-refractivity contribution in [2.75, 3.05) is 24.5 Å². The molecule has 1 aliphatic heterocycles. The number of para-hydroxylation sites is 1. The Morgan fingerprint density at radius 3 is 2.78 bits per heavy atom. The molecule has 1 fully saturated rings. The standard InChI is InChI=1S/C18H21N3O2/c1-13-7-8-16(18(23)20-13)17(22)19-11-14-9-10-21(12-14)15-5-3-2-4-6-15/h2-8,14H,9-12H2,1H3,(H,19,22)(H,20,23)/t14-/m1/s1. The van der Waals surface area contributed by atoms with Gasteiger partial charge in [0.05, 0.1) is 0 Å². The van der Waals surface area contributed by atoms with Crippen molar-refractivity contribution in [1.82, 2.24) is 10.3 Å². The Labute approximate surface area is 135 Å². The molecule has 0 unspecified atom stereocenters. The predicted octanol–water partition coefficient (Wildman–Crippen LogP) is 1.94. The number of aromatic nitrogens is 1. The van der Waals surface area contributed by atoms with E-state index < -0.39 is 0 Å². The van der Waals surface area contributed by atoms with Crippen molar-refractivity contribution in [2.45, 2.75) is 13.3 Å². The highest BCUT2D eigenvalue weighted by atomic mass is 16.2. The fourth-order valence-electron chi connectivity index (χ4n) is 2.96. The van der Waals surface area contributed by atoms with Crippen LogP contribution in [0.4, 0.5) is 5.69 Å². The van der Waals surface area contributed by atoms with Crippen molar-refractivity contribution in [1.29, 1.82) is 0 Å². The number of benzene rings is 1. The normalized spacial score (nSPS) is 17.3. The van der Waals surface area contributed by atoms with Gasteiger partial charge in [-0.05, 0) is 43.5 Å². The maximum Gasteiger partial charge on any atom is 0.260 e. The number of aryl methyl sites for hydroxylation is 1. The van der Waals surface area contributed by atoms with Crippen LogP contribution in [0.3, 0.4) is 0 Å². The van der Waals surface area contributed by atoms with Gasteiger partial charge in [0.15, 0.2) is 0 Å². The highest BCUT2D eigenvalue weighted by Crippen LogP contribution is 2.22. The number of carbonyl (C=O) groups excluding carboxylic acids is 1. The van der Waals surface area contributed by atoms with Crippen LogP contribution in [-0.4, -0.2) is 30.5 Å². The molecule has 2 aromatic rings. The SMILES string of the molecule is Cc1ccc(C(=O)NC[C@H]2CCN(c3ccccc3)C2)c(=O)[nH]1. The number of rotatable bonds is 4. The van der Waals surface area contributed by atoms with Gasteiger partial charge < -0.3 is 15.2 Å². The van der Waals surface area contributed by atoms with E-state index in [2.05, 4.69) is 27.3 Å². The second-order valence-corrected chi connectivity index (χ2v) is 6.03. The zero-order valence-corrected chi connectivity index (χ0v) is 13.2. The molecule has 120 valence electrons. The molecule has 1 aromatic carbocycles. The van der Waals surface area contributed by atoms with E-state index in [9.17, 15) is 9.59 Å². The zero-order chi connectivity index (χ0) is 16.2. The number of nitrogens with one attached hydrogen (secondary N) is 2. The van der Waals surface area contributed by atoms with Crippen molar-refractivity contribution >= 4 is 11.6 Å². The summed E-state index contributed by atoms with van der Waals surface area (Å²) in [7, 11) is 0. The molecule has 2 N–H and O–H groups in total. The first-order chi connectivity index (χ1) is 11.1. The molecule has 23 heavy (non-hydrogen) atoms. The molecule has 3 rings (SSSR count). The monoisotopic (exact) mass is 311 g/mol. The molecule has 0 saturated carbocycles. The van der Waals surface area contributed by atoms with Crippen LogP contribution in [0.1, 0.15) is 22.5 Å². The van der Waals surface area contributed by atoms with Crippen molar-refractivity contribution in [3.05, 3.63) is 64.1 Å². The molecule has 1 amide bonds. The fraction of sp³-hybridized carbons (Fsp3) is 0.333. The van der Waals surface area contributed by atoms with Crippen LogP contribution in [0.5, 0.6) is 0 Å². The van der Waals surface area contributed by atoms with Crippen LogP contribution < -0.4 is 15.8 Å². The van der Waals surface area contributed by atoms with Crippen LogP contribution in [0.25, 0.3) is 0 Å². The van der Waals surface area contributed by atoms with E-state index in [1.54, 1.807) is 19.1 Å². The Hall–Kier alpha value is -2.56. The van der Waals surface area contributed by atoms with E-state index in [4.69, 9.17) is 0 Å². The van der Waals surface area contributed by atoms with E-state index >= 15 is 0 Å². The lowest BCUT2D eigenvalue weighted by Gasteiger charge is -2.18. The van der Waals surface area contributed by atoms with Gasteiger partial charge in [-0.1, -0.05) is 18.2 Å². The first kappa shape index (κ1) is 15.3. The van der Waals surface area contributed by atoms with Crippen molar-refractivity contribution in [2.24, 2.45) is 5.92 Å². The summed E-state index contributed by atoms with van der Waals surface area (Å²) in [5.74, 6) is 0.105. The Morgan fingerprint density at radius 2 is 2.04 bits per heavy atom. The van der Waals surface area contributed by atoms with Crippen molar-refractivity contribution in [3.8, 4) is 0 Å². The Morgan fingerprint density at radius 1 is 1.26 bits per heavy atom. The topological polar surface area (TPSA) is 65.2 Å². The third kappa shape index (κ3) is 3.62. The summed E-state index contributed by atoms with van der Waals surface area (Å²) in [4.78, 5) is 28.9. The van der Waals surface area contributed by atoms with Crippen molar-refractivity contribution < 1.29 is 4.79 Å². The predicted molar refractivity (Wildman–Crippen MR) is 90.9 cm³/mol. The number of nitrogens with zero attached hydrogens (tertiary/aromatic N) is 1. The zero-order valence-electron chi connectivity index (χ0n) is 13.2. The molecule has 1 atom stereocenters. The molecular weight excluding hydrogens is 290 g/mol. The molecule has 0 bridgehead atoms. The number of hydrogen-bond donors (Lipinski definition) is 2. The van der Waals surface area contributed by atoms with E-state index in [0.717, 1.165) is 25.2 Å². The van der Waals surface area contributed by atoms with Crippen LogP contribution in [-0.2, 0) is 0 Å². The molecular formula is C18H21N3O2. The largest absolute Gasteiger partial charge is 0.371 e. The van der Waals surface area contributed by atoms with Crippen LogP contribution in [0.2, 0.25) is 0 Å². The summed E-state index contributed by atoms with van der Waals surface area (Å²) in [6.07, 6.45) is 1.04. The number of pyridine rings is 1. The molecule has 1 aromatic heterocycles. The number of carbonyl (C=O) groups is 1. The quantitative estimate of drug-likeness (QED) is 0.907. The molecule has 0 aliphatic carbocycles. The minimum absolute atomic E-state index is 0.175. The van der Waals surface area contributed by atoms with Gasteiger partial charge in [0, 0.05) is 31.0 Å². The highest BCUT2D eigenvalue weighted by Gasteiger charge is 2.23. The lowest BCUT2D eigenvalue weighted by Crippen LogP contribution is -2.34. The maximum absolute atomic E-state index is 12.1. The molecule has 0 spiro atoms. The number of aromatic amines is 1. The van der Waals surface area contributed by atoms with Gasteiger partial charge in [-0.15, -0.1) is 0 Å². The summed E-state index contributed by atoms with van der Waals surface area (Å²) >= 11 is 0. The molecule has 1 saturated heterocycles. The molecule has 1 aliphatic rings. The third-order valence-electron chi connectivity index (χ3n) is 4.26. The van der Waals surface area contributed by atoms with Gasteiger partial charge in [-0.2, -0.15) is 0 Å². The van der Waals surface area contributed by atoms with E-state index in [0.29, 0.717) is 12.5 Å². The van der Waals surface area contributed by atoms with Gasteiger partial charge in [0.1, 0.15) is 5.56 Å². The molecule has 5 nitrogen and oxygen atoms in total. The summed E-state index contributed by atoms with van der Waals surface area (Å²) in [6.45, 7) is 4.31. The second kappa shape index (κ2) is 6.69. The third-order valence-corrected chi connectivity index (χ3v) is 4.26. The highest BCUT2D eigenvalue weighted by molar-refractivity contribution is 5.93. The van der Waals surface area contributed by atoms with E-state index in [-0.39, 0.29) is 17.0 Å². The lowest BCUT2D eigenvalue weighted by atomic mass is 10.1. The van der Waals surface area contributed by atoms with Gasteiger partial charge in [-0.25, -0.2) is 0 Å². The Balaban J connectivity index is 1.55.